The molecule has 2 aliphatic rings. The maximum Gasteiger partial charge on any atom is 0.318 e. The topological polar surface area (TPSA) is 62.3 Å². The van der Waals surface area contributed by atoms with Crippen LogP contribution in [0.4, 0.5) is 5.82 Å². The zero-order chi connectivity index (χ0) is 13.2. The van der Waals surface area contributed by atoms with Crippen LogP contribution in [0.1, 0.15) is 17.7 Å². The van der Waals surface area contributed by atoms with Crippen molar-refractivity contribution in [1.29, 1.82) is 0 Å². The van der Waals surface area contributed by atoms with Crippen LogP contribution in [-0.2, 0) is 13.0 Å². The minimum Gasteiger partial charge on any atom is -0.467 e. The van der Waals surface area contributed by atoms with Crippen molar-refractivity contribution in [3.8, 4) is 6.01 Å². The highest BCUT2D eigenvalue weighted by Crippen LogP contribution is 2.24. The van der Waals surface area contributed by atoms with E-state index in [1.165, 1.54) is 5.56 Å². The first-order valence-electron chi connectivity index (χ1n) is 6.86. The Kier molecular flexibility index (Phi) is 3.52. The molecule has 1 atom stereocenters. The second-order valence-corrected chi connectivity index (χ2v) is 5.30. The van der Waals surface area contributed by atoms with Gasteiger partial charge in [-0.15, -0.1) is 0 Å². The maximum absolute atomic E-state index is 5.21. The first kappa shape index (κ1) is 12.6. The molecule has 19 heavy (non-hydrogen) atoms. The summed E-state index contributed by atoms with van der Waals surface area (Å²) in [5.74, 6) is 0.939. The molecule has 3 rings (SSSR count). The van der Waals surface area contributed by atoms with E-state index in [2.05, 4.69) is 32.5 Å². The zero-order valence-electron chi connectivity index (χ0n) is 11.6. The molecule has 6 nitrogen and oxygen atoms in total. The van der Waals surface area contributed by atoms with Crippen LogP contribution >= 0.6 is 0 Å². The van der Waals surface area contributed by atoms with Gasteiger partial charge in [0.25, 0.3) is 0 Å². The highest BCUT2D eigenvalue weighted by molar-refractivity contribution is 5.49. The standard InChI is InChI=1S/C13H21N5O/c1-18-6-4-9(8-18)15-12-10-7-14-5-3-11(10)16-13(17-12)19-2/h9,14H,3-8H2,1-2H3,(H,15,16,17). The molecule has 1 unspecified atom stereocenters. The number of nitrogens with zero attached hydrogens (tertiary/aromatic N) is 3. The van der Waals surface area contributed by atoms with Crippen LogP contribution in [0.25, 0.3) is 0 Å². The lowest BCUT2D eigenvalue weighted by molar-refractivity contribution is 0.376. The van der Waals surface area contributed by atoms with Crippen LogP contribution in [-0.4, -0.2) is 54.7 Å². The number of methoxy groups -OCH3 is 1. The summed E-state index contributed by atoms with van der Waals surface area (Å²) < 4.78 is 5.21. The highest BCUT2D eigenvalue weighted by Gasteiger charge is 2.23. The molecule has 1 fully saturated rings. The largest absolute Gasteiger partial charge is 0.467 e. The van der Waals surface area contributed by atoms with Crippen molar-refractivity contribution in [1.82, 2.24) is 20.2 Å². The van der Waals surface area contributed by atoms with Gasteiger partial charge in [-0.3, -0.25) is 0 Å². The van der Waals surface area contributed by atoms with Crippen LogP contribution in [0, 0.1) is 0 Å². The molecule has 2 aliphatic heterocycles. The maximum atomic E-state index is 5.21. The summed E-state index contributed by atoms with van der Waals surface area (Å²) in [6.45, 7) is 4.01. The summed E-state index contributed by atoms with van der Waals surface area (Å²) in [6.07, 6.45) is 2.10. The Bertz CT molecular complexity index is 465. The molecule has 3 heterocycles. The molecular formula is C13H21N5O. The van der Waals surface area contributed by atoms with Crippen molar-refractivity contribution in [2.75, 3.05) is 39.1 Å². The fourth-order valence-electron chi connectivity index (χ4n) is 2.78. The van der Waals surface area contributed by atoms with Crippen molar-refractivity contribution in [2.24, 2.45) is 0 Å². The van der Waals surface area contributed by atoms with Crippen LogP contribution in [0.3, 0.4) is 0 Å². The Labute approximate surface area is 113 Å². The van der Waals surface area contributed by atoms with Crippen molar-refractivity contribution < 1.29 is 4.74 Å². The molecule has 0 spiro atoms. The van der Waals surface area contributed by atoms with Crippen molar-refractivity contribution in [3.63, 3.8) is 0 Å². The van der Waals surface area contributed by atoms with Crippen molar-refractivity contribution >= 4 is 5.82 Å². The molecule has 0 radical (unpaired) electrons. The lowest BCUT2D eigenvalue weighted by Gasteiger charge is -2.22. The minimum absolute atomic E-state index is 0.467. The Balaban J connectivity index is 1.86. The van der Waals surface area contributed by atoms with Crippen LogP contribution in [0.15, 0.2) is 0 Å². The third kappa shape index (κ3) is 2.64. The van der Waals surface area contributed by atoms with Crippen LogP contribution in [0.2, 0.25) is 0 Å². The van der Waals surface area contributed by atoms with Gasteiger partial charge in [-0.25, -0.2) is 0 Å². The Morgan fingerprint density at radius 3 is 3.05 bits per heavy atom. The van der Waals surface area contributed by atoms with Crippen molar-refractivity contribution in [2.45, 2.75) is 25.4 Å². The van der Waals surface area contributed by atoms with Crippen LogP contribution in [0.5, 0.6) is 6.01 Å². The lowest BCUT2D eigenvalue weighted by atomic mass is 10.1. The smallest absolute Gasteiger partial charge is 0.318 e. The first-order chi connectivity index (χ1) is 9.26. The monoisotopic (exact) mass is 263 g/mol. The Hall–Kier alpha value is -1.40. The molecule has 0 saturated carbocycles. The van der Waals surface area contributed by atoms with E-state index in [0.717, 1.165) is 50.5 Å². The molecular weight excluding hydrogens is 242 g/mol. The number of nitrogens with one attached hydrogen (secondary N) is 2. The molecule has 1 aromatic heterocycles. The summed E-state index contributed by atoms with van der Waals surface area (Å²) in [5, 5.41) is 6.94. The number of likely N-dealkylation sites (N-methyl/N-ethyl adjacent to an activating group) is 1. The van der Waals surface area contributed by atoms with E-state index < -0.39 is 0 Å². The van der Waals surface area contributed by atoms with Crippen LogP contribution < -0.4 is 15.4 Å². The fourth-order valence-corrected chi connectivity index (χ4v) is 2.78. The molecule has 1 aromatic rings. The van der Waals surface area contributed by atoms with E-state index in [4.69, 9.17) is 4.74 Å². The number of ether oxygens (including phenoxy) is 1. The van der Waals surface area contributed by atoms with E-state index >= 15 is 0 Å². The predicted molar refractivity (Wildman–Crippen MR) is 73.5 cm³/mol. The third-order valence-electron chi connectivity index (χ3n) is 3.83. The first-order valence-corrected chi connectivity index (χ1v) is 6.86. The predicted octanol–water partition coefficient (Wildman–Crippen LogP) is 0.247. The van der Waals surface area contributed by atoms with E-state index in [9.17, 15) is 0 Å². The normalized spacial score (nSPS) is 23.2. The molecule has 6 heteroatoms. The average molecular weight is 263 g/mol. The van der Waals surface area contributed by atoms with Gasteiger partial charge in [0.15, 0.2) is 0 Å². The number of likely N-dealkylation sites (tertiary alicyclic amines) is 1. The second-order valence-electron chi connectivity index (χ2n) is 5.30. The number of hydrogen-bond donors (Lipinski definition) is 2. The Morgan fingerprint density at radius 1 is 1.42 bits per heavy atom. The van der Waals surface area contributed by atoms with Gasteiger partial charge >= 0.3 is 6.01 Å². The van der Waals surface area contributed by atoms with Gasteiger partial charge in [-0.1, -0.05) is 0 Å². The molecule has 0 aromatic carbocycles. The second kappa shape index (κ2) is 5.30. The molecule has 1 saturated heterocycles. The van der Waals surface area contributed by atoms with Gasteiger partial charge in [0.05, 0.1) is 12.8 Å². The summed E-state index contributed by atoms with van der Waals surface area (Å²) in [6, 6.07) is 0.935. The summed E-state index contributed by atoms with van der Waals surface area (Å²) in [7, 11) is 3.77. The molecule has 0 bridgehead atoms. The SMILES string of the molecule is COc1nc2c(c(NC3CCN(C)C3)n1)CNCC2. The number of fused-ring (bicyclic) bond motifs is 1. The van der Waals surface area contributed by atoms with Gasteiger partial charge in [-0.05, 0) is 20.0 Å². The van der Waals surface area contributed by atoms with Gasteiger partial charge in [0.2, 0.25) is 0 Å². The molecule has 0 amide bonds. The van der Waals surface area contributed by atoms with Gasteiger partial charge in [0.1, 0.15) is 5.82 Å². The van der Waals surface area contributed by atoms with Crippen molar-refractivity contribution in [3.05, 3.63) is 11.3 Å². The summed E-state index contributed by atoms with van der Waals surface area (Å²) in [5.41, 5.74) is 2.31. The van der Waals surface area contributed by atoms with Gasteiger partial charge in [0, 0.05) is 37.7 Å². The van der Waals surface area contributed by atoms with Gasteiger partial charge in [-0.2, -0.15) is 9.97 Å². The number of rotatable bonds is 3. The summed E-state index contributed by atoms with van der Waals surface area (Å²) >= 11 is 0. The minimum atomic E-state index is 0.467. The van der Waals surface area contributed by atoms with Gasteiger partial charge < -0.3 is 20.3 Å². The molecule has 2 N–H and O–H groups in total. The molecule has 104 valence electrons. The van der Waals surface area contributed by atoms with E-state index in [1.54, 1.807) is 7.11 Å². The number of aromatic nitrogens is 2. The number of hydrogen-bond acceptors (Lipinski definition) is 6. The quantitative estimate of drug-likeness (QED) is 0.815. The molecule has 0 aliphatic carbocycles. The van der Waals surface area contributed by atoms with E-state index in [-0.39, 0.29) is 0 Å². The zero-order valence-corrected chi connectivity index (χ0v) is 11.6. The van der Waals surface area contributed by atoms with E-state index in [0.29, 0.717) is 12.1 Å². The summed E-state index contributed by atoms with van der Waals surface area (Å²) in [4.78, 5) is 11.3. The number of anilines is 1. The lowest BCUT2D eigenvalue weighted by Crippen LogP contribution is -2.29. The Morgan fingerprint density at radius 2 is 2.32 bits per heavy atom. The third-order valence-corrected chi connectivity index (χ3v) is 3.83. The van der Waals surface area contributed by atoms with E-state index in [1.807, 2.05) is 0 Å². The fraction of sp³-hybridized carbons (Fsp3) is 0.692. The average Bonchev–Trinajstić information content (AvgIpc) is 2.84. The highest BCUT2D eigenvalue weighted by atomic mass is 16.5.